The van der Waals surface area contributed by atoms with Crippen LogP contribution in [0, 0.1) is 0 Å². The predicted molar refractivity (Wildman–Crippen MR) is 76.3 cm³/mol. The fraction of sp³-hybridized carbons (Fsp3) is 0.800. The number of rotatable bonds is 6. The number of hydrogen-bond donors (Lipinski definition) is 0. The van der Waals surface area contributed by atoms with Crippen molar-refractivity contribution >= 4 is 5.97 Å². The van der Waals surface area contributed by atoms with Gasteiger partial charge in [0.2, 0.25) is 0 Å². The molecule has 3 heteroatoms. The first-order valence-electron chi connectivity index (χ1n) is 6.76. The van der Waals surface area contributed by atoms with Crippen molar-refractivity contribution in [2.75, 3.05) is 13.2 Å². The molecule has 106 valence electrons. The molecule has 0 aliphatic rings. The van der Waals surface area contributed by atoms with Crippen LogP contribution in [0.1, 0.15) is 48.5 Å². The van der Waals surface area contributed by atoms with E-state index in [-0.39, 0.29) is 11.5 Å². The zero-order chi connectivity index (χ0) is 14.6. The van der Waals surface area contributed by atoms with Crippen LogP contribution in [-0.2, 0) is 9.53 Å². The highest BCUT2D eigenvalue weighted by Crippen LogP contribution is 2.32. The summed E-state index contributed by atoms with van der Waals surface area (Å²) >= 11 is 0. The summed E-state index contributed by atoms with van der Waals surface area (Å²) in [7, 11) is 0. The van der Waals surface area contributed by atoms with E-state index in [9.17, 15) is 4.79 Å². The molecule has 0 aliphatic carbocycles. The van der Waals surface area contributed by atoms with Crippen molar-refractivity contribution < 1.29 is 14.0 Å². The van der Waals surface area contributed by atoms with Crippen LogP contribution in [0.4, 0.5) is 0 Å². The van der Waals surface area contributed by atoms with Crippen LogP contribution in [-0.4, -0.2) is 41.2 Å². The Morgan fingerprint density at radius 2 is 1.67 bits per heavy atom. The van der Waals surface area contributed by atoms with E-state index in [1.54, 1.807) is 0 Å². The van der Waals surface area contributed by atoms with Crippen LogP contribution in [0.2, 0.25) is 0 Å². The van der Waals surface area contributed by atoms with Gasteiger partial charge in [-0.1, -0.05) is 6.58 Å². The second-order valence-electron chi connectivity index (χ2n) is 6.38. The van der Waals surface area contributed by atoms with Gasteiger partial charge in [0.25, 0.3) is 0 Å². The molecule has 0 fully saturated rings. The van der Waals surface area contributed by atoms with Crippen molar-refractivity contribution in [1.82, 2.24) is 0 Å². The molecule has 0 atom stereocenters. The van der Waals surface area contributed by atoms with Gasteiger partial charge in [-0.15, -0.1) is 0 Å². The molecule has 0 aromatic heterocycles. The van der Waals surface area contributed by atoms with Gasteiger partial charge in [-0.2, -0.15) is 0 Å². The Morgan fingerprint density at radius 3 is 1.94 bits per heavy atom. The molecule has 0 unspecified atom stereocenters. The Labute approximate surface area is 112 Å². The van der Waals surface area contributed by atoms with Gasteiger partial charge >= 0.3 is 5.97 Å². The van der Waals surface area contributed by atoms with E-state index in [0.29, 0.717) is 18.7 Å². The van der Waals surface area contributed by atoms with Crippen LogP contribution >= 0.6 is 0 Å². The SMILES string of the molecule is C=CC(=O)OCC[N+](C(C)C)(C(C)C)C(C)(C)C. The van der Waals surface area contributed by atoms with Crippen molar-refractivity contribution in [2.45, 2.75) is 66.1 Å². The lowest BCUT2D eigenvalue weighted by Crippen LogP contribution is -2.68. The standard InChI is InChI=1S/C15H30NO2/c1-9-14(17)18-11-10-16(12(2)3,13(4)5)15(6,7)8/h9,12-13H,1,10-11H2,2-8H3/q+1. The maximum absolute atomic E-state index is 11.1. The smallest absolute Gasteiger partial charge is 0.330 e. The number of esters is 1. The summed E-state index contributed by atoms with van der Waals surface area (Å²) in [4.78, 5) is 11.1. The molecule has 0 N–H and O–H groups in total. The average molecular weight is 256 g/mol. The van der Waals surface area contributed by atoms with Crippen molar-refractivity contribution in [3.8, 4) is 0 Å². The number of hydrogen-bond acceptors (Lipinski definition) is 2. The maximum atomic E-state index is 11.1. The Balaban J connectivity index is 4.99. The number of quaternary nitrogens is 1. The summed E-state index contributed by atoms with van der Waals surface area (Å²) < 4.78 is 6.10. The Hall–Kier alpha value is -0.830. The fourth-order valence-corrected chi connectivity index (χ4v) is 3.35. The minimum absolute atomic E-state index is 0.114. The second kappa shape index (κ2) is 6.37. The van der Waals surface area contributed by atoms with E-state index in [4.69, 9.17) is 4.74 Å². The quantitative estimate of drug-likeness (QED) is 0.414. The summed E-state index contributed by atoms with van der Waals surface area (Å²) in [6.07, 6.45) is 1.22. The molecule has 0 amide bonds. The predicted octanol–water partition coefficient (Wildman–Crippen LogP) is 3.15. The molecular formula is C15H30NO2+. The average Bonchev–Trinajstić information content (AvgIpc) is 2.20. The topological polar surface area (TPSA) is 26.3 Å². The molecule has 0 aliphatic heterocycles. The molecule has 0 saturated heterocycles. The Bertz CT molecular complexity index is 279. The molecule has 0 spiro atoms. The highest BCUT2D eigenvalue weighted by molar-refractivity contribution is 5.81. The Kier molecular flexibility index (Phi) is 6.08. The summed E-state index contributed by atoms with van der Waals surface area (Å²) in [6.45, 7) is 20.4. The Morgan fingerprint density at radius 1 is 1.22 bits per heavy atom. The highest BCUT2D eigenvalue weighted by atomic mass is 16.5. The third-order valence-corrected chi connectivity index (χ3v) is 3.96. The number of carbonyl (C=O) groups excluding carboxylic acids is 1. The molecule has 0 bridgehead atoms. The van der Waals surface area contributed by atoms with Gasteiger partial charge in [0, 0.05) is 6.08 Å². The van der Waals surface area contributed by atoms with E-state index < -0.39 is 0 Å². The van der Waals surface area contributed by atoms with E-state index >= 15 is 0 Å². The van der Waals surface area contributed by atoms with E-state index in [0.717, 1.165) is 11.0 Å². The molecule has 0 radical (unpaired) electrons. The van der Waals surface area contributed by atoms with Gasteiger partial charge in [0.15, 0.2) is 0 Å². The highest BCUT2D eigenvalue weighted by Gasteiger charge is 2.45. The van der Waals surface area contributed by atoms with Crippen molar-refractivity contribution in [3.63, 3.8) is 0 Å². The molecule has 0 aromatic carbocycles. The van der Waals surface area contributed by atoms with E-state index in [1.165, 1.54) is 6.08 Å². The van der Waals surface area contributed by atoms with Gasteiger partial charge in [0.05, 0.1) is 17.6 Å². The van der Waals surface area contributed by atoms with Gasteiger partial charge in [-0.05, 0) is 48.5 Å². The minimum atomic E-state index is -0.338. The van der Waals surface area contributed by atoms with Crippen LogP contribution in [0.25, 0.3) is 0 Å². The molecule has 0 heterocycles. The van der Waals surface area contributed by atoms with Crippen LogP contribution in [0.5, 0.6) is 0 Å². The lowest BCUT2D eigenvalue weighted by atomic mass is 9.94. The fourth-order valence-electron chi connectivity index (χ4n) is 3.35. The molecule has 0 saturated carbocycles. The molecule has 0 rings (SSSR count). The summed E-state index contributed by atoms with van der Waals surface area (Å²) in [6, 6.07) is 0.958. The zero-order valence-corrected chi connectivity index (χ0v) is 13.1. The van der Waals surface area contributed by atoms with Gasteiger partial charge < -0.3 is 9.22 Å². The van der Waals surface area contributed by atoms with Crippen LogP contribution < -0.4 is 0 Å². The lowest BCUT2D eigenvalue weighted by molar-refractivity contribution is -1.01. The molecule has 0 aromatic rings. The van der Waals surface area contributed by atoms with Crippen LogP contribution in [0.15, 0.2) is 12.7 Å². The zero-order valence-electron chi connectivity index (χ0n) is 13.1. The second-order valence-corrected chi connectivity index (χ2v) is 6.38. The summed E-state index contributed by atoms with van der Waals surface area (Å²) in [5, 5.41) is 0. The normalized spacial score (nSPS) is 12.9. The summed E-state index contributed by atoms with van der Waals surface area (Å²) in [5.41, 5.74) is 0.114. The van der Waals surface area contributed by atoms with Gasteiger partial charge in [-0.3, -0.25) is 0 Å². The van der Waals surface area contributed by atoms with Crippen molar-refractivity contribution in [1.29, 1.82) is 0 Å². The van der Waals surface area contributed by atoms with Crippen molar-refractivity contribution in [3.05, 3.63) is 12.7 Å². The van der Waals surface area contributed by atoms with Crippen LogP contribution in [0.3, 0.4) is 0 Å². The molecular weight excluding hydrogens is 226 g/mol. The first-order chi connectivity index (χ1) is 8.09. The first-order valence-corrected chi connectivity index (χ1v) is 6.76. The molecule has 3 nitrogen and oxygen atoms in total. The molecule has 18 heavy (non-hydrogen) atoms. The van der Waals surface area contributed by atoms with Gasteiger partial charge in [0.1, 0.15) is 13.2 Å². The lowest BCUT2D eigenvalue weighted by Gasteiger charge is -2.54. The monoisotopic (exact) mass is 256 g/mol. The third-order valence-electron chi connectivity index (χ3n) is 3.96. The first kappa shape index (κ1) is 17.2. The maximum Gasteiger partial charge on any atom is 0.330 e. The van der Waals surface area contributed by atoms with Gasteiger partial charge in [-0.25, -0.2) is 4.79 Å². The minimum Gasteiger partial charge on any atom is -0.457 e. The third kappa shape index (κ3) is 3.58. The number of carbonyl (C=O) groups is 1. The summed E-state index contributed by atoms with van der Waals surface area (Å²) in [5.74, 6) is -0.338. The largest absolute Gasteiger partial charge is 0.457 e. The van der Waals surface area contributed by atoms with E-state index in [1.807, 2.05) is 0 Å². The van der Waals surface area contributed by atoms with Crippen molar-refractivity contribution in [2.24, 2.45) is 0 Å². The number of nitrogens with zero attached hydrogens (tertiary/aromatic N) is 1. The number of ether oxygens (including phenoxy) is 1. The van der Waals surface area contributed by atoms with E-state index in [2.05, 4.69) is 55.0 Å².